The highest BCUT2D eigenvalue weighted by molar-refractivity contribution is 6.30. The fourth-order valence-corrected chi connectivity index (χ4v) is 6.24. The Hall–Kier alpha value is -4.43. The van der Waals surface area contributed by atoms with Gasteiger partial charge in [0, 0.05) is 42.0 Å². The van der Waals surface area contributed by atoms with Gasteiger partial charge < -0.3 is 15.6 Å². The largest absolute Gasteiger partial charge is 0.361 e. The molecule has 3 aromatic heterocycles. The third-order valence-electron chi connectivity index (χ3n) is 7.75. The summed E-state index contributed by atoms with van der Waals surface area (Å²) in [5.41, 5.74) is 5.14. The molecule has 9 heteroatoms. The van der Waals surface area contributed by atoms with Gasteiger partial charge in [0.25, 0.3) is 5.56 Å². The van der Waals surface area contributed by atoms with E-state index in [-0.39, 0.29) is 29.0 Å². The first-order chi connectivity index (χ1) is 19.8. The summed E-state index contributed by atoms with van der Waals surface area (Å²) in [6.45, 7) is 4.77. The molecule has 0 saturated carbocycles. The fraction of sp³-hybridized carbons (Fsp3) is 0.250. The Kier molecular flexibility index (Phi) is 7.09. The topological polar surface area (TPSA) is 105 Å². The Labute approximate surface area is 242 Å². The molecule has 0 spiro atoms. The molecule has 0 radical (unpaired) electrons. The van der Waals surface area contributed by atoms with Crippen molar-refractivity contribution in [3.05, 3.63) is 122 Å². The van der Waals surface area contributed by atoms with E-state index >= 15 is 0 Å². The van der Waals surface area contributed by atoms with Gasteiger partial charge in [-0.3, -0.25) is 19.1 Å². The van der Waals surface area contributed by atoms with Gasteiger partial charge in [0.05, 0.1) is 12.2 Å². The lowest BCUT2D eigenvalue weighted by Crippen LogP contribution is -2.52. The van der Waals surface area contributed by atoms with Gasteiger partial charge in [-0.15, -0.1) is 0 Å². The maximum atomic E-state index is 14.2. The number of pyridine rings is 1. The van der Waals surface area contributed by atoms with Crippen LogP contribution in [0.15, 0.2) is 77.9 Å². The maximum Gasteiger partial charge on any atom is 0.294 e. The van der Waals surface area contributed by atoms with E-state index in [9.17, 15) is 9.59 Å². The van der Waals surface area contributed by atoms with Crippen molar-refractivity contribution < 1.29 is 4.79 Å². The van der Waals surface area contributed by atoms with Crippen LogP contribution in [0.25, 0.3) is 10.9 Å². The van der Waals surface area contributed by atoms with Crippen molar-refractivity contribution >= 4 is 34.2 Å². The minimum atomic E-state index is -1.16. The molecule has 208 valence electrons. The van der Waals surface area contributed by atoms with Crippen LogP contribution >= 0.6 is 11.6 Å². The Morgan fingerprint density at radius 2 is 1.83 bits per heavy atom. The van der Waals surface area contributed by atoms with Crippen LogP contribution in [0, 0.1) is 13.8 Å². The number of nitrogens with one attached hydrogen (secondary N) is 3. The molecule has 4 heterocycles. The molecule has 0 aliphatic carbocycles. The van der Waals surface area contributed by atoms with Gasteiger partial charge in [-0.1, -0.05) is 71.3 Å². The van der Waals surface area contributed by atoms with E-state index in [1.54, 1.807) is 17.0 Å². The van der Waals surface area contributed by atoms with E-state index in [1.807, 2.05) is 56.3 Å². The number of rotatable bonds is 8. The van der Waals surface area contributed by atoms with Crippen LogP contribution in [0.4, 0.5) is 5.82 Å². The molecule has 5 aromatic rings. The third-order valence-corrected chi connectivity index (χ3v) is 8.05. The Balaban J connectivity index is 1.36. The zero-order valence-corrected chi connectivity index (χ0v) is 23.8. The Morgan fingerprint density at radius 1 is 1.05 bits per heavy atom. The fourth-order valence-electron chi connectivity index (χ4n) is 5.97. The van der Waals surface area contributed by atoms with E-state index in [4.69, 9.17) is 11.6 Å². The normalized spacial score (nSPS) is 16.1. The van der Waals surface area contributed by atoms with Crippen molar-refractivity contribution in [2.45, 2.75) is 51.7 Å². The van der Waals surface area contributed by atoms with Gasteiger partial charge in [-0.2, -0.15) is 0 Å². The van der Waals surface area contributed by atoms with Gasteiger partial charge in [0.15, 0.2) is 11.0 Å². The summed E-state index contributed by atoms with van der Waals surface area (Å²) in [4.78, 5) is 40.2. The molecule has 3 N–H and O–H groups in total. The lowest BCUT2D eigenvalue weighted by atomic mass is 9.87. The van der Waals surface area contributed by atoms with Crippen molar-refractivity contribution in [3.8, 4) is 0 Å². The third kappa shape index (κ3) is 5.23. The molecule has 1 atom stereocenters. The maximum absolute atomic E-state index is 14.2. The van der Waals surface area contributed by atoms with Gasteiger partial charge in [0.1, 0.15) is 5.54 Å². The number of H-pyrrole nitrogens is 1. The van der Waals surface area contributed by atoms with Crippen molar-refractivity contribution in [2.24, 2.45) is 0 Å². The number of anilines is 1. The quantitative estimate of drug-likeness (QED) is 0.239. The minimum absolute atomic E-state index is 0.133. The molecule has 41 heavy (non-hydrogen) atoms. The number of nitrogens with zero attached hydrogens (tertiary/aromatic N) is 3. The standard InChI is InChI=1S/C32H31ClN6O2/c1-20-12-21(2)14-23(13-20)17-35-29-30(40)39-27(28(33)38-29)8-10-32(39,16-22-6-4-3-5-7-22)31(41)36-19-25-15-24-18-34-11-9-26(24)37-25/h3-7,9,11-15,18,37H,8,10,16-17,19H2,1-2H3,(H,35,38)(H,36,41)/t32-/m0/s1. The number of hydrogen-bond acceptors (Lipinski definition) is 5. The van der Waals surface area contributed by atoms with E-state index in [2.05, 4.69) is 43.8 Å². The van der Waals surface area contributed by atoms with E-state index in [0.717, 1.165) is 38.9 Å². The highest BCUT2D eigenvalue weighted by Gasteiger charge is 2.47. The number of amides is 1. The number of benzene rings is 2. The molecule has 0 fully saturated rings. The highest BCUT2D eigenvalue weighted by Crippen LogP contribution is 2.37. The first-order valence-corrected chi connectivity index (χ1v) is 14.1. The van der Waals surface area contributed by atoms with Gasteiger partial charge in [-0.25, -0.2) is 4.98 Å². The lowest BCUT2D eigenvalue weighted by molar-refractivity contribution is -0.130. The van der Waals surface area contributed by atoms with Crippen LogP contribution in [0.1, 0.15) is 40.1 Å². The van der Waals surface area contributed by atoms with Crippen LogP contribution in [0.5, 0.6) is 0 Å². The van der Waals surface area contributed by atoms with E-state index in [0.29, 0.717) is 31.5 Å². The smallest absolute Gasteiger partial charge is 0.294 e. The average Bonchev–Trinajstić information content (AvgIpc) is 3.55. The van der Waals surface area contributed by atoms with E-state index in [1.165, 1.54) is 0 Å². The molecule has 0 unspecified atom stereocenters. The number of carbonyl (C=O) groups excluding carboxylic acids is 1. The number of aromatic nitrogens is 4. The molecule has 8 nitrogen and oxygen atoms in total. The summed E-state index contributed by atoms with van der Waals surface area (Å²) >= 11 is 6.68. The summed E-state index contributed by atoms with van der Waals surface area (Å²) in [6, 6.07) is 19.9. The molecule has 1 aliphatic heterocycles. The van der Waals surface area contributed by atoms with Gasteiger partial charge in [-0.05, 0) is 49.9 Å². The molecule has 6 rings (SSSR count). The van der Waals surface area contributed by atoms with Crippen LogP contribution < -0.4 is 16.2 Å². The molecule has 0 bridgehead atoms. The number of halogens is 1. The van der Waals surface area contributed by atoms with Crippen molar-refractivity contribution in [1.29, 1.82) is 0 Å². The highest BCUT2D eigenvalue weighted by atomic mass is 35.5. The molecular formula is C32H31ClN6O2. The predicted molar refractivity (Wildman–Crippen MR) is 161 cm³/mol. The Bertz CT molecular complexity index is 1760. The lowest BCUT2D eigenvalue weighted by Gasteiger charge is -2.31. The van der Waals surface area contributed by atoms with Crippen LogP contribution in [-0.2, 0) is 36.3 Å². The average molecular weight is 567 g/mol. The summed E-state index contributed by atoms with van der Waals surface area (Å²) in [7, 11) is 0. The van der Waals surface area contributed by atoms with Gasteiger partial charge in [0.2, 0.25) is 5.91 Å². The van der Waals surface area contributed by atoms with Crippen LogP contribution in [0.2, 0.25) is 5.15 Å². The Morgan fingerprint density at radius 3 is 2.59 bits per heavy atom. The van der Waals surface area contributed by atoms with Crippen LogP contribution in [-0.4, -0.2) is 25.4 Å². The molecule has 1 aliphatic rings. The number of aromatic amines is 1. The first kappa shape index (κ1) is 26.8. The monoisotopic (exact) mass is 566 g/mol. The summed E-state index contributed by atoms with van der Waals surface area (Å²) in [5.74, 6) is -0.102. The van der Waals surface area contributed by atoms with Gasteiger partial charge >= 0.3 is 0 Å². The molecule has 2 aromatic carbocycles. The molecular weight excluding hydrogens is 536 g/mol. The summed E-state index contributed by atoms with van der Waals surface area (Å²) in [5, 5.41) is 7.50. The van der Waals surface area contributed by atoms with Crippen LogP contribution in [0.3, 0.4) is 0 Å². The minimum Gasteiger partial charge on any atom is -0.361 e. The van der Waals surface area contributed by atoms with Crippen molar-refractivity contribution in [1.82, 2.24) is 24.8 Å². The zero-order chi connectivity index (χ0) is 28.6. The zero-order valence-electron chi connectivity index (χ0n) is 23.0. The number of hydrogen-bond donors (Lipinski definition) is 3. The summed E-state index contributed by atoms with van der Waals surface area (Å²) in [6.07, 6.45) is 4.75. The first-order valence-electron chi connectivity index (χ1n) is 13.7. The summed E-state index contributed by atoms with van der Waals surface area (Å²) < 4.78 is 1.59. The SMILES string of the molecule is Cc1cc(C)cc(CNc2nc(Cl)c3n(c2=O)[C@@](Cc2ccccc2)(C(=O)NCc2cc4cnccc4[nH]2)CC3)c1. The second-order valence-electron chi connectivity index (χ2n) is 10.8. The molecule has 1 amide bonds. The van der Waals surface area contributed by atoms with Crippen molar-refractivity contribution in [2.75, 3.05) is 5.32 Å². The predicted octanol–water partition coefficient (Wildman–Crippen LogP) is 5.20. The number of aryl methyl sites for hydroxylation is 2. The van der Waals surface area contributed by atoms with E-state index < -0.39 is 5.54 Å². The molecule has 0 saturated heterocycles. The van der Waals surface area contributed by atoms with Crippen molar-refractivity contribution in [3.63, 3.8) is 0 Å². The number of fused-ring (bicyclic) bond motifs is 2. The number of carbonyl (C=O) groups is 1. The second-order valence-corrected chi connectivity index (χ2v) is 11.2. The second kappa shape index (κ2) is 10.9.